The first-order valence-corrected chi connectivity index (χ1v) is 8.22. The largest absolute Gasteiger partial charge is 0.380 e. The Balaban J connectivity index is 0.00000225. The van der Waals surface area contributed by atoms with Crippen LogP contribution in [0.15, 0.2) is 58.3 Å². The zero-order chi connectivity index (χ0) is 16.9. The van der Waals surface area contributed by atoms with Crippen molar-refractivity contribution in [3.63, 3.8) is 0 Å². The van der Waals surface area contributed by atoms with Crippen LogP contribution in [0.3, 0.4) is 0 Å². The molecule has 0 fully saturated rings. The number of nitrogens with zero attached hydrogens (tertiary/aromatic N) is 3. The predicted molar refractivity (Wildman–Crippen MR) is 114 cm³/mol. The Bertz CT molecular complexity index is 880. The van der Waals surface area contributed by atoms with Gasteiger partial charge in [-0.3, -0.25) is 0 Å². The zero-order valence-electron chi connectivity index (χ0n) is 13.6. The lowest BCUT2D eigenvalue weighted by atomic mass is 10.2. The number of hydrogen-bond acceptors (Lipinski definition) is 3. The van der Waals surface area contributed by atoms with Gasteiger partial charge in [-0.25, -0.2) is 9.98 Å². The molecule has 6 nitrogen and oxygen atoms in total. The number of aliphatic imine (C=N–C) groups is 1. The summed E-state index contributed by atoms with van der Waals surface area (Å²) in [6.07, 6.45) is 3.90. The van der Waals surface area contributed by atoms with Crippen LogP contribution < -0.4 is 11.1 Å². The van der Waals surface area contributed by atoms with Crippen LogP contribution in [-0.2, 0) is 17.9 Å². The Morgan fingerprint density at radius 3 is 2.88 bits per heavy atom. The van der Waals surface area contributed by atoms with E-state index >= 15 is 0 Å². The molecule has 0 bridgehead atoms. The summed E-state index contributed by atoms with van der Waals surface area (Å²) in [6.45, 7) is 0.919. The van der Waals surface area contributed by atoms with Crippen molar-refractivity contribution in [2.75, 3.05) is 12.4 Å². The lowest BCUT2D eigenvalue weighted by Crippen LogP contribution is -2.23. The first-order chi connectivity index (χ1) is 11.7. The number of halogens is 2. The van der Waals surface area contributed by atoms with Gasteiger partial charge in [0.25, 0.3) is 0 Å². The lowest BCUT2D eigenvalue weighted by molar-refractivity contribution is 0.185. The maximum absolute atomic E-state index is 5.99. The van der Waals surface area contributed by atoms with Crippen LogP contribution in [0.4, 0.5) is 5.69 Å². The molecule has 0 aliphatic carbocycles. The smallest absolute Gasteiger partial charge is 0.193 e. The molecule has 0 aliphatic rings. The van der Waals surface area contributed by atoms with Gasteiger partial charge in [-0.05, 0) is 34.1 Å². The molecular formula is C17H19BrIN5O. The molecule has 0 unspecified atom stereocenters. The third kappa shape index (κ3) is 5.16. The van der Waals surface area contributed by atoms with Crippen molar-refractivity contribution in [1.82, 2.24) is 9.38 Å². The molecule has 0 saturated heterocycles. The Morgan fingerprint density at radius 2 is 2.08 bits per heavy atom. The molecule has 1 aromatic carbocycles. The number of methoxy groups -OCH3 is 1. The van der Waals surface area contributed by atoms with Crippen molar-refractivity contribution < 1.29 is 4.74 Å². The van der Waals surface area contributed by atoms with Crippen molar-refractivity contribution in [1.29, 1.82) is 0 Å². The van der Waals surface area contributed by atoms with E-state index in [0.29, 0.717) is 19.1 Å². The topological polar surface area (TPSA) is 76.9 Å². The van der Waals surface area contributed by atoms with Gasteiger partial charge in [-0.2, -0.15) is 0 Å². The summed E-state index contributed by atoms with van der Waals surface area (Å²) in [5.74, 6) is 0.344. The van der Waals surface area contributed by atoms with Crippen molar-refractivity contribution in [2.24, 2.45) is 10.7 Å². The second kappa shape index (κ2) is 9.16. The normalized spacial score (nSPS) is 11.4. The van der Waals surface area contributed by atoms with Crippen LogP contribution in [0.5, 0.6) is 0 Å². The molecule has 3 rings (SSSR count). The van der Waals surface area contributed by atoms with E-state index in [1.807, 2.05) is 53.2 Å². The molecule has 25 heavy (non-hydrogen) atoms. The molecular weight excluding hydrogens is 497 g/mol. The van der Waals surface area contributed by atoms with E-state index in [1.54, 1.807) is 7.11 Å². The number of guanidine groups is 1. The van der Waals surface area contributed by atoms with Crippen LogP contribution in [0.2, 0.25) is 0 Å². The number of nitrogens with two attached hydrogens (primary N) is 1. The second-order valence-corrected chi connectivity index (χ2v) is 6.18. The number of benzene rings is 1. The quantitative estimate of drug-likeness (QED) is 0.308. The van der Waals surface area contributed by atoms with E-state index in [-0.39, 0.29) is 24.0 Å². The highest BCUT2D eigenvalue weighted by molar-refractivity contribution is 14.0. The van der Waals surface area contributed by atoms with E-state index in [0.717, 1.165) is 27.1 Å². The van der Waals surface area contributed by atoms with Crippen LogP contribution in [-0.4, -0.2) is 22.5 Å². The van der Waals surface area contributed by atoms with Crippen molar-refractivity contribution in [3.8, 4) is 0 Å². The SMILES string of the molecule is COCc1ccccc1NC(N)=NCc1cn2cc(Br)ccc2n1.I. The van der Waals surface area contributed by atoms with Crippen molar-refractivity contribution in [3.05, 3.63) is 64.5 Å². The lowest BCUT2D eigenvalue weighted by Gasteiger charge is -2.10. The number of para-hydroxylation sites is 1. The number of hydrogen-bond donors (Lipinski definition) is 2. The highest BCUT2D eigenvalue weighted by atomic mass is 127. The summed E-state index contributed by atoms with van der Waals surface area (Å²) in [5, 5.41) is 3.11. The Labute approximate surface area is 171 Å². The average molecular weight is 516 g/mol. The Kier molecular flexibility index (Phi) is 7.21. The van der Waals surface area contributed by atoms with E-state index in [4.69, 9.17) is 10.5 Å². The number of rotatable bonds is 5. The molecule has 8 heteroatoms. The molecule has 0 saturated carbocycles. The number of ether oxygens (including phenoxy) is 1. The van der Waals surface area contributed by atoms with Crippen molar-refractivity contribution >= 4 is 57.2 Å². The highest BCUT2D eigenvalue weighted by Gasteiger charge is 2.04. The summed E-state index contributed by atoms with van der Waals surface area (Å²) in [7, 11) is 1.66. The molecule has 0 amide bonds. The first kappa shape index (κ1) is 19.7. The van der Waals surface area contributed by atoms with Gasteiger partial charge in [0, 0.05) is 35.2 Å². The van der Waals surface area contributed by atoms with Gasteiger partial charge in [0.05, 0.1) is 18.8 Å². The fourth-order valence-electron chi connectivity index (χ4n) is 2.36. The van der Waals surface area contributed by atoms with Crippen LogP contribution in [0, 0.1) is 0 Å². The highest BCUT2D eigenvalue weighted by Crippen LogP contribution is 2.16. The Hall–Kier alpha value is -1.65. The minimum atomic E-state index is 0. The van der Waals surface area contributed by atoms with E-state index < -0.39 is 0 Å². The summed E-state index contributed by atoms with van der Waals surface area (Å²) >= 11 is 3.44. The summed E-state index contributed by atoms with van der Waals surface area (Å²) in [4.78, 5) is 8.88. The van der Waals surface area contributed by atoms with E-state index in [1.165, 1.54) is 0 Å². The van der Waals surface area contributed by atoms with Gasteiger partial charge in [-0.1, -0.05) is 18.2 Å². The number of aromatic nitrogens is 2. The maximum atomic E-state index is 5.99. The monoisotopic (exact) mass is 515 g/mol. The number of pyridine rings is 1. The van der Waals surface area contributed by atoms with Crippen LogP contribution >= 0.6 is 39.9 Å². The Morgan fingerprint density at radius 1 is 1.28 bits per heavy atom. The van der Waals surface area contributed by atoms with Gasteiger partial charge < -0.3 is 20.2 Å². The van der Waals surface area contributed by atoms with Gasteiger partial charge in [-0.15, -0.1) is 24.0 Å². The number of nitrogens with one attached hydrogen (secondary N) is 1. The standard InChI is InChI=1S/C17H18BrN5O.HI/c1-24-11-12-4-2-3-5-15(12)22-17(19)20-8-14-10-23-9-13(18)6-7-16(23)21-14;/h2-7,9-10H,8,11H2,1H3,(H3,19,20,22);1H. The molecule has 3 N–H and O–H groups in total. The summed E-state index contributed by atoms with van der Waals surface area (Å²) < 4.78 is 8.13. The fourth-order valence-corrected chi connectivity index (χ4v) is 2.71. The van der Waals surface area contributed by atoms with E-state index in [9.17, 15) is 0 Å². The molecule has 0 radical (unpaired) electrons. The molecule has 3 aromatic rings. The van der Waals surface area contributed by atoms with Gasteiger partial charge >= 0.3 is 0 Å². The minimum Gasteiger partial charge on any atom is -0.380 e. The molecule has 2 heterocycles. The van der Waals surface area contributed by atoms with E-state index in [2.05, 4.69) is 31.2 Å². The zero-order valence-corrected chi connectivity index (χ0v) is 17.6. The molecule has 0 atom stereocenters. The number of anilines is 1. The third-order valence-corrected chi connectivity index (χ3v) is 3.93. The second-order valence-electron chi connectivity index (χ2n) is 5.26. The van der Waals surface area contributed by atoms with Crippen molar-refractivity contribution in [2.45, 2.75) is 13.2 Å². The molecule has 132 valence electrons. The van der Waals surface area contributed by atoms with Gasteiger partial charge in [0.2, 0.25) is 0 Å². The average Bonchev–Trinajstić information content (AvgIpc) is 2.97. The van der Waals surface area contributed by atoms with Crippen LogP contribution in [0.1, 0.15) is 11.3 Å². The predicted octanol–water partition coefficient (Wildman–Crippen LogP) is 3.79. The fraction of sp³-hybridized carbons (Fsp3) is 0.176. The van der Waals surface area contributed by atoms with Crippen LogP contribution in [0.25, 0.3) is 5.65 Å². The first-order valence-electron chi connectivity index (χ1n) is 7.42. The van der Waals surface area contributed by atoms with Gasteiger partial charge in [0.15, 0.2) is 5.96 Å². The maximum Gasteiger partial charge on any atom is 0.193 e. The summed E-state index contributed by atoms with van der Waals surface area (Å²) in [5.41, 5.74) is 9.63. The minimum absolute atomic E-state index is 0. The number of imidazole rings is 1. The number of fused-ring (bicyclic) bond motifs is 1. The van der Waals surface area contributed by atoms with Gasteiger partial charge in [0.1, 0.15) is 5.65 Å². The third-order valence-electron chi connectivity index (χ3n) is 3.46. The molecule has 2 aromatic heterocycles. The molecule has 0 spiro atoms. The summed E-state index contributed by atoms with van der Waals surface area (Å²) in [6, 6.07) is 11.7. The molecule has 0 aliphatic heterocycles.